The molecular weight excluding hydrogens is 594 g/mol. The molecule has 8 nitrogen and oxygen atoms in total. The van der Waals surface area contributed by atoms with Crippen molar-refractivity contribution in [2.45, 2.75) is 38.3 Å². The maximum atomic E-state index is 14.0. The fraction of sp³-hybridized carbons (Fsp3) is 0.282. The largest absolute Gasteiger partial charge is 0.494 e. The van der Waals surface area contributed by atoms with Crippen LogP contribution in [0, 0.1) is 11.8 Å². The van der Waals surface area contributed by atoms with E-state index in [0.717, 1.165) is 12.0 Å². The summed E-state index contributed by atoms with van der Waals surface area (Å²) in [6, 6.07) is 35.5. The lowest BCUT2D eigenvalue weighted by molar-refractivity contribution is -0.149. The van der Waals surface area contributed by atoms with Crippen molar-refractivity contribution in [3.63, 3.8) is 0 Å². The Hall–Kier alpha value is -5.24. The second-order valence-electron chi connectivity index (χ2n) is 11.5. The van der Waals surface area contributed by atoms with Crippen LogP contribution in [0.25, 0.3) is 0 Å². The molecule has 5 rings (SSSR count). The first-order valence-electron chi connectivity index (χ1n) is 15.9. The van der Waals surface area contributed by atoms with Gasteiger partial charge in [-0.1, -0.05) is 103 Å². The Bertz CT molecular complexity index is 1590. The number of nitrogens with zero attached hydrogens (tertiary/aromatic N) is 1. The molecular formula is C39H39NO7. The van der Waals surface area contributed by atoms with Crippen molar-refractivity contribution in [1.82, 2.24) is 4.90 Å². The van der Waals surface area contributed by atoms with E-state index in [-0.39, 0.29) is 37.9 Å². The molecule has 242 valence electrons. The number of carbonyl (C=O) groups is 4. The molecule has 1 saturated heterocycles. The highest BCUT2D eigenvalue weighted by molar-refractivity contribution is 6.00. The molecule has 0 bridgehead atoms. The van der Waals surface area contributed by atoms with E-state index < -0.39 is 29.9 Å². The van der Waals surface area contributed by atoms with Crippen molar-refractivity contribution in [3.8, 4) is 5.75 Å². The van der Waals surface area contributed by atoms with Gasteiger partial charge < -0.3 is 19.0 Å². The monoisotopic (exact) mass is 633 g/mol. The van der Waals surface area contributed by atoms with E-state index in [0.29, 0.717) is 24.2 Å². The Morgan fingerprint density at radius 2 is 1.47 bits per heavy atom. The summed E-state index contributed by atoms with van der Waals surface area (Å²) in [5.41, 5.74) is 3.53. The molecule has 0 saturated carbocycles. The van der Waals surface area contributed by atoms with Crippen LogP contribution in [0.5, 0.6) is 5.75 Å². The third kappa shape index (κ3) is 8.33. The van der Waals surface area contributed by atoms with Crippen molar-refractivity contribution in [3.05, 3.63) is 138 Å². The van der Waals surface area contributed by atoms with E-state index in [1.807, 2.05) is 66.7 Å². The van der Waals surface area contributed by atoms with Gasteiger partial charge in [0.25, 0.3) is 0 Å². The lowest BCUT2D eigenvalue weighted by Gasteiger charge is -2.25. The Morgan fingerprint density at radius 3 is 2.09 bits per heavy atom. The second-order valence-corrected chi connectivity index (χ2v) is 11.5. The summed E-state index contributed by atoms with van der Waals surface area (Å²) < 4.78 is 17.0. The topological polar surface area (TPSA) is 99.2 Å². The molecule has 8 heteroatoms. The van der Waals surface area contributed by atoms with Crippen molar-refractivity contribution in [1.29, 1.82) is 0 Å². The van der Waals surface area contributed by atoms with Crippen LogP contribution in [0.3, 0.4) is 0 Å². The van der Waals surface area contributed by atoms with Crippen LogP contribution >= 0.6 is 0 Å². The first-order chi connectivity index (χ1) is 23.0. The number of ether oxygens (including phenoxy) is 3. The maximum Gasteiger partial charge on any atom is 0.410 e. The molecule has 3 atom stereocenters. The highest BCUT2D eigenvalue weighted by Crippen LogP contribution is 2.36. The number of rotatable bonds is 14. The number of esters is 1. The molecule has 0 N–H and O–H groups in total. The number of carbonyl (C=O) groups excluding carboxylic acids is 4. The van der Waals surface area contributed by atoms with Gasteiger partial charge in [-0.15, -0.1) is 0 Å². The predicted octanol–water partition coefficient (Wildman–Crippen LogP) is 6.88. The molecule has 0 aromatic heterocycles. The van der Waals surface area contributed by atoms with Gasteiger partial charge in [-0.05, 0) is 42.2 Å². The summed E-state index contributed by atoms with van der Waals surface area (Å²) in [7, 11) is 0. The molecule has 0 aliphatic carbocycles. The van der Waals surface area contributed by atoms with Crippen LogP contribution in [-0.2, 0) is 25.7 Å². The molecule has 1 aliphatic heterocycles. The van der Waals surface area contributed by atoms with E-state index in [1.165, 1.54) is 16.0 Å². The normalized spacial score (nSPS) is 17.2. The van der Waals surface area contributed by atoms with Crippen LogP contribution in [-0.4, -0.2) is 54.8 Å². The minimum atomic E-state index is -1.13. The first-order valence-corrected chi connectivity index (χ1v) is 15.9. The van der Waals surface area contributed by atoms with Crippen molar-refractivity contribution < 1.29 is 33.4 Å². The predicted molar refractivity (Wildman–Crippen MR) is 177 cm³/mol. The van der Waals surface area contributed by atoms with Crippen LogP contribution in [0.15, 0.2) is 115 Å². The Kier molecular flexibility index (Phi) is 11.5. The summed E-state index contributed by atoms with van der Waals surface area (Å²) in [5.74, 6) is -1.89. The van der Waals surface area contributed by atoms with Gasteiger partial charge in [0.05, 0.1) is 13.2 Å². The first kappa shape index (κ1) is 33.1. The summed E-state index contributed by atoms with van der Waals surface area (Å²) in [4.78, 5) is 53.5. The SMILES string of the molecule is CCOC(=O)[C@@H]1[C@@H](CC=O)[C@@H](C(=O)c2cccc(OCCC(c3ccccc3)c3ccccc3)c2)CN1C(=O)OCc1ccccc1. The minimum absolute atomic E-state index is 0.00251. The molecule has 1 fully saturated rings. The van der Waals surface area contributed by atoms with Gasteiger partial charge in [0.2, 0.25) is 0 Å². The zero-order valence-electron chi connectivity index (χ0n) is 26.4. The highest BCUT2D eigenvalue weighted by atomic mass is 16.6. The zero-order chi connectivity index (χ0) is 33.0. The van der Waals surface area contributed by atoms with E-state index in [1.54, 1.807) is 31.2 Å². The lowest BCUT2D eigenvalue weighted by atomic mass is 9.83. The average molecular weight is 634 g/mol. The quantitative estimate of drug-likeness (QED) is 0.0849. The summed E-state index contributed by atoms with van der Waals surface area (Å²) in [5, 5.41) is 0. The maximum absolute atomic E-state index is 14.0. The number of benzene rings is 4. The molecule has 1 amide bonds. The molecule has 0 unspecified atom stereocenters. The second kappa shape index (κ2) is 16.4. The van der Waals surface area contributed by atoms with Crippen molar-refractivity contribution >= 4 is 24.1 Å². The Balaban J connectivity index is 1.31. The smallest absolute Gasteiger partial charge is 0.410 e. The van der Waals surface area contributed by atoms with Gasteiger partial charge in [0.15, 0.2) is 5.78 Å². The van der Waals surface area contributed by atoms with Gasteiger partial charge in [0, 0.05) is 36.3 Å². The zero-order valence-corrected chi connectivity index (χ0v) is 26.4. The van der Waals surface area contributed by atoms with Crippen LogP contribution in [0.2, 0.25) is 0 Å². The summed E-state index contributed by atoms with van der Waals surface area (Å²) >= 11 is 0. The number of hydrogen-bond acceptors (Lipinski definition) is 7. The molecule has 0 spiro atoms. The lowest BCUT2D eigenvalue weighted by Crippen LogP contribution is -2.44. The minimum Gasteiger partial charge on any atom is -0.494 e. The number of ketones is 1. The van der Waals surface area contributed by atoms with Gasteiger partial charge in [-0.2, -0.15) is 0 Å². The number of amides is 1. The van der Waals surface area contributed by atoms with Crippen LogP contribution in [0.4, 0.5) is 4.79 Å². The van der Waals surface area contributed by atoms with E-state index in [4.69, 9.17) is 14.2 Å². The van der Waals surface area contributed by atoms with Crippen molar-refractivity contribution in [2.75, 3.05) is 19.8 Å². The number of aldehydes is 1. The third-order valence-corrected chi connectivity index (χ3v) is 8.52. The third-order valence-electron chi connectivity index (χ3n) is 8.52. The molecule has 1 aliphatic rings. The van der Waals surface area contributed by atoms with E-state index in [9.17, 15) is 19.2 Å². The van der Waals surface area contributed by atoms with Gasteiger partial charge >= 0.3 is 12.1 Å². The fourth-order valence-electron chi connectivity index (χ4n) is 6.26. The number of Topliss-reactive ketones (excluding diaryl/α,β-unsaturated/α-hetero) is 1. The summed E-state index contributed by atoms with van der Waals surface area (Å²) in [6.07, 6.45) is 0.545. The van der Waals surface area contributed by atoms with E-state index in [2.05, 4.69) is 24.3 Å². The van der Waals surface area contributed by atoms with Gasteiger partial charge in [0.1, 0.15) is 24.7 Å². The van der Waals surface area contributed by atoms with Gasteiger partial charge in [-0.3, -0.25) is 9.69 Å². The average Bonchev–Trinajstić information content (AvgIpc) is 3.49. The van der Waals surface area contributed by atoms with Crippen LogP contribution in [0.1, 0.15) is 52.7 Å². The molecule has 4 aromatic rings. The molecule has 4 aromatic carbocycles. The molecule has 1 heterocycles. The summed E-state index contributed by atoms with van der Waals surface area (Å²) in [6.45, 7) is 2.07. The fourth-order valence-corrected chi connectivity index (χ4v) is 6.26. The van der Waals surface area contributed by atoms with Gasteiger partial charge in [-0.25, -0.2) is 9.59 Å². The number of hydrogen-bond donors (Lipinski definition) is 0. The van der Waals surface area contributed by atoms with Crippen molar-refractivity contribution in [2.24, 2.45) is 11.8 Å². The standard InChI is InChI=1S/C39H39NO7/c1-2-45-38(43)36-34(21-23-41)35(26-40(36)39(44)47-27-28-13-6-3-7-14-28)37(42)31-19-12-20-32(25-31)46-24-22-33(29-15-8-4-9-16-29)30-17-10-5-11-18-30/h3-20,23,25,33-36H,2,21-22,24,26-27H2,1H3/t34-,35-,36-/m0/s1. The van der Waals surface area contributed by atoms with Crippen LogP contribution < -0.4 is 4.74 Å². The van der Waals surface area contributed by atoms with E-state index >= 15 is 0 Å². The number of likely N-dealkylation sites (tertiary alicyclic amines) is 1. The molecule has 0 radical (unpaired) electrons. The highest BCUT2D eigenvalue weighted by Gasteiger charge is 2.51. The molecule has 47 heavy (non-hydrogen) atoms. The Labute approximate surface area is 275 Å². The Morgan fingerprint density at radius 1 is 0.830 bits per heavy atom.